The van der Waals surface area contributed by atoms with Gasteiger partial charge in [0.25, 0.3) is 11.3 Å². The van der Waals surface area contributed by atoms with Crippen LogP contribution in [0.3, 0.4) is 0 Å². The monoisotopic (exact) mass is 296 g/mol. The van der Waals surface area contributed by atoms with Crippen LogP contribution in [0.2, 0.25) is 0 Å². The minimum atomic E-state index is -0.950. The molecule has 2 N–H and O–H groups in total. The number of amides is 1. The third-order valence-corrected chi connectivity index (χ3v) is 3.85. The Balaban J connectivity index is 2.08. The number of fused-ring (bicyclic) bond motifs is 2. The van der Waals surface area contributed by atoms with Crippen LogP contribution in [0.5, 0.6) is 11.5 Å². The maximum absolute atomic E-state index is 12.6. The van der Waals surface area contributed by atoms with Crippen molar-refractivity contribution in [2.45, 2.75) is 25.2 Å². The van der Waals surface area contributed by atoms with E-state index in [1.807, 2.05) is 0 Å². The molecule has 2 aliphatic heterocycles. The molecular weight excluding hydrogens is 280 g/mol. The quantitative estimate of drug-likeness (QED) is 0.761. The molecule has 0 spiro atoms. The zero-order chi connectivity index (χ0) is 15.1. The lowest BCUT2D eigenvalue weighted by Gasteiger charge is -2.45. The van der Waals surface area contributed by atoms with Crippen molar-refractivity contribution in [1.82, 2.24) is 9.47 Å². The largest absolute Gasteiger partial charge is 0.503 e. The summed E-state index contributed by atoms with van der Waals surface area (Å²) in [7, 11) is 1.55. The van der Waals surface area contributed by atoms with Crippen molar-refractivity contribution >= 4 is 5.91 Å². The van der Waals surface area contributed by atoms with Crippen molar-refractivity contribution in [3.05, 3.63) is 22.1 Å². The highest BCUT2D eigenvalue weighted by Gasteiger charge is 2.42. The van der Waals surface area contributed by atoms with Crippen LogP contribution < -0.4 is 5.43 Å². The Morgan fingerprint density at radius 3 is 2.90 bits per heavy atom. The maximum Gasteiger partial charge on any atom is 0.276 e. The lowest BCUT2D eigenvalue weighted by molar-refractivity contribution is -0.125. The van der Waals surface area contributed by atoms with Crippen LogP contribution >= 0.6 is 0 Å². The van der Waals surface area contributed by atoms with Gasteiger partial charge >= 0.3 is 0 Å². The summed E-state index contributed by atoms with van der Waals surface area (Å²) >= 11 is 0. The van der Waals surface area contributed by atoms with Crippen molar-refractivity contribution in [1.29, 1.82) is 0 Å². The van der Waals surface area contributed by atoms with Gasteiger partial charge in [0.05, 0.1) is 32.0 Å². The minimum absolute atomic E-state index is 0.124. The van der Waals surface area contributed by atoms with Gasteiger partial charge in [-0.3, -0.25) is 9.59 Å². The van der Waals surface area contributed by atoms with E-state index in [1.165, 1.54) is 9.47 Å². The summed E-state index contributed by atoms with van der Waals surface area (Å²) < 4.78 is 12.1. The van der Waals surface area contributed by atoms with E-state index in [4.69, 9.17) is 9.47 Å². The summed E-state index contributed by atoms with van der Waals surface area (Å²) in [5.41, 5.74) is -1.07. The molecule has 0 radical (unpaired) electrons. The second-order valence-electron chi connectivity index (χ2n) is 5.13. The Morgan fingerprint density at radius 1 is 1.43 bits per heavy atom. The molecule has 21 heavy (non-hydrogen) atoms. The van der Waals surface area contributed by atoms with Gasteiger partial charge in [-0.25, -0.2) is 0 Å². The maximum atomic E-state index is 12.6. The SMILES string of the molecule is COC[C@@H]1CCO[C@H]2Cn3cc(O)c(=O)c(O)c3C(=O)N12. The molecule has 3 rings (SSSR count). The molecule has 1 aromatic heterocycles. The van der Waals surface area contributed by atoms with Gasteiger partial charge in [0, 0.05) is 7.11 Å². The molecule has 0 unspecified atom stereocenters. The fourth-order valence-electron chi connectivity index (χ4n) is 2.88. The van der Waals surface area contributed by atoms with Gasteiger partial charge in [-0.15, -0.1) is 0 Å². The summed E-state index contributed by atoms with van der Waals surface area (Å²) in [6, 6.07) is -0.168. The van der Waals surface area contributed by atoms with Crippen LogP contribution in [0, 0.1) is 0 Å². The minimum Gasteiger partial charge on any atom is -0.503 e. The van der Waals surface area contributed by atoms with E-state index in [9.17, 15) is 19.8 Å². The highest BCUT2D eigenvalue weighted by Crippen LogP contribution is 2.30. The normalized spacial score (nSPS) is 24.6. The van der Waals surface area contributed by atoms with Crippen LogP contribution in [0.15, 0.2) is 11.0 Å². The second-order valence-corrected chi connectivity index (χ2v) is 5.13. The van der Waals surface area contributed by atoms with Gasteiger partial charge in [-0.1, -0.05) is 0 Å². The second kappa shape index (κ2) is 5.05. The number of pyridine rings is 1. The number of aromatic hydroxyl groups is 2. The topological polar surface area (TPSA) is 101 Å². The first-order chi connectivity index (χ1) is 10.0. The van der Waals surface area contributed by atoms with Crippen molar-refractivity contribution in [2.24, 2.45) is 0 Å². The highest BCUT2D eigenvalue weighted by molar-refractivity contribution is 5.96. The summed E-state index contributed by atoms with van der Waals surface area (Å²) in [4.78, 5) is 25.7. The molecule has 114 valence electrons. The molecule has 2 atom stereocenters. The molecule has 1 saturated heterocycles. The zero-order valence-corrected chi connectivity index (χ0v) is 11.5. The summed E-state index contributed by atoms with van der Waals surface area (Å²) in [6.45, 7) is 1.09. The van der Waals surface area contributed by atoms with Crippen LogP contribution in [0.1, 0.15) is 16.9 Å². The molecule has 8 heteroatoms. The number of ether oxygens (including phenoxy) is 2. The predicted octanol–water partition coefficient (Wildman–Crippen LogP) is -0.523. The van der Waals surface area contributed by atoms with Gasteiger partial charge in [0.1, 0.15) is 0 Å². The molecular formula is C13H16N2O6. The molecule has 1 fully saturated rings. The molecule has 3 heterocycles. The smallest absolute Gasteiger partial charge is 0.276 e. The van der Waals surface area contributed by atoms with Crippen molar-refractivity contribution in [3.63, 3.8) is 0 Å². The first-order valence-electron chi connectivity index (χ1n) is 6.63. The van der Waals surface area contributed by atoms with Gasteiger partial charge in [-0.05, 0) is 6.42 Å². The fourth-order valence-corrected chi connectivity index (χ4v) is 2.88. The predicted molar refractivity (Wildman–Crippen MR) is 70.2 cm³/mol. The van der Waals surface area contributed by atoms with Gasteiger partial charge in [-0.2, -0.15) is 0 Å². The number of rotatable bonds is 2. The highest BCUT2D eigenvalue weighted by atomic mass is 16.5. The van der Waals surface area contributed by atoms with Gasteiger partial charge < -0.3 is 29.2 Å². The molecule has 1 aromatic rings. The Hall–Kier alpha value is -2.06. The molecule has 8 nitrogen and oxygen atoms in total. The van der Waals surface area contributed by atoms with Crippen LogP contribution in [0.25, 0.3) is 0 Å². The van der Waals surface area contributed by atoms with Crippen molar-refractivity contribution in [2.75, 3.05) is 20.3 Å². The summed E-state index contributed by atoms with van der Waals surface area (Å²) in [5.74, 6) is -1.83. The lowest BCUT2D eigenvalue weighted by Crippen LogP contribution is -2.58. The molecule has 0 aromatic carbocycles. The van der Waals surface area contributed by atoms with Crippen LogP contribution in [-0.4, -0.2) is 58.2 Å². The first-order valence-corrected chi connectivity index (χ1v) is 6.63. The lowest BCUT2D eigenvalue weighted by atomic mass is 10.1. The number of hydrogen-bond acceptors (Lipinski definition) is 6. The molecule has 1 amide bonds. The van der Waals surface area contributed by atoms with Crippen molar-refractivity contribution in [3.8, 4) is 11.5 Å². The molecule has 2 aliphatic rings. The Kier molecular flexibility index (Phi) is 3.34. The Bertz CT molecular complexity index is 638. The third kappa shape index (κ3) is 2.07. The summed E-state index contributed by atoms with van der Waals surface area (Å²) in [5, 5.41) is 19.4. The number of methoxy groups -OCH3 is 1. The number of aromatic nitrogens is 1. The van der Waals surface area contributed by atoms with Crippen molar-refractivity contribution < 1.29 is 24.5 Å². The van der Waals surface area contributed by atoms with E-state index >= 15 is 0 Å². The first kappa shape index (κ1) is 13.9. The number of nitrogens with zero attached hydrogens (tertiary/aromatic N) is 2. The third-order valence-electron chi connectivity index (χ3n) is 3.85. The number of hydrogen-bond donors (Lipinski definition) is 2. The fraction of sp³-hybridized carbons (Fsp3) is 0.538. The average Bonchev–Trinajstić information content (AvgIpc) is 2.45. The zero-order valence-electron chi connectivity index (χ0n) is 11.5. The molecule has 0 saturated carbocycles. The van der Waals surface area contributed by atoms with Crippen LogP contribution in [0.4, 0.5) is 0 Å². The van der Waals surface area contributed by atoms with E-state index < -0.39 is 29.1 Å². The number of carbonyl (C=O) groups is 1. The van der Waals surface area contributed by atoms with E-state index in [0.29, 0.717) is 19.6 Å². The standard InChI is InChI=1S/C13H16N2O6/c1-20-6-7-2-3-21-9-5-14-4-8(16)11(17)12(18)10(14)13(19)15(7)9/h4,7,9,16,18H,2-3,5-6H2,1H3/t7-,9-/m0/s1. The van der Waals surface area contributed by atoms with Gasteiger partial charge in [0.2, 0.25) is 0 Å². The summed E-state index contributed by atoms with van der Waals surface area (Å²) in [6.07, 6.45) is 1.27. The Labute approximate surface area is 120 Å². The van der Waals surface area contributed by atoms with E-state index in [0.717, 1.165) is 6.20 Å². The van der Waals surface area contributed by atoms with E-state index in [2.05, 4.69) is 0 Å². The van der Waals surface area contributed by atoms with Crippen LogP contribution in [-0.2, 0) is 16.0 Å². The van der Waals surface area contributed by atoms with E-state index in [-0.39, 0.29) is 18.3 Å². The average molecular weight is 296 g/mol. The Morgan fingerprint density at radius 2 is 2.19 bits per heavy atom. The van der Waals surface area contributed by atoms with Gasteiger partial charge in [0.15, 0.2) is 23.4 Å². The number of carbonyl (C=O) groups excluding carboxylic acids is 1. The van der Waals surface area contributed by atoms with E-state index in [1.54, 1.807) is 7.11 Å². The molecule has 0 aliphatic carbocycles. The molecule has 0 bridgehead atoms.